The van der Waals surface area contributed by atoms with Crippen LogP contribution in [0.4, 0.5) is 0 Å². The summed E-state index contributed by atoms with van der Waals surface area (Å²) in [6.45, 7) is 10.1. The van der Waals surface area contributed by atoms with Crippen LogP contribution in [0.3, 0.4) is 0 Å². The third-order valence-corrected chi connectivity index (χ3v) is 17.2. The van der Waals surface area contributed by atoms with E-state index in [1.54, 1.807) is 0 Å². The third kappa shape index (κ3) is 1.94. The van der Waals surface area contributed by atoms with Crippen LogP contribution in [0.25, 0.3) is 0 Å². The minimum atomic E-state index is -4.47. The molecule has 0 aromatic heterocycles. The van der Waals surface area contributed by atoms with Crippen molar-refractivity contribution in [3.63, 3.8) is 0 Å². The average molecular weight is 469 g/mol. The molecule has 92 valence electrons. The molecule has 0 unspecified atom stereocenters. The SMILES string of the molecule is CC1=C(C)[C](C)([Ir]([Cl])([Cl])([Cl])[Cl])C(C)=C1C. The Morgan fingerprint density at radius 3 is 1.20 bits per heavy atom. The molecule has 0 saturated heterocycles. The van der Waals surface area contributed by atoms with Gasteiger partial charge in [0.2, 0.25) is 0 Å². The summed E-state index contributed by atoms with van der Waals surface area (Å²) in [5, 5.41) is 0. The van der Waals surface area contributed by atoms with Gasteiger partial charge >= 0.3 is 109 Å². The van der Waals surface area contributed by atoms with Gasteiger partial charge in [-0.2, -0.15) is 0 Å². The quantitative estimate of drug-likeness (QED) is 0.432. The molecular weight excluding hydrogens is 454 g/mol. The van der Waals surface area contributed by atoms with Gasteiger partial charge in [-0.25, -0.2) is 0 Å². The van der Waals surface area contributed by atoms with Gasteiger partial charge in [-0.05, 0) is 0 Å². The molecule has 0 fully saturated rings. The monoisotopic (exact) mass is 468 g/mol. The molecule has 1 rings (SSSR count). The summed E-state index contributed by atoms with van der Waals surface area (Å²) < 4.78 is -0.558. The van der Waals surface area contributed by atoms with E-state index in [1.165, 1.54) is 11.1 Å². The van der Waals surface area contributed by atoms with Gasteiger partial charge in [0.25, 0.3) is 0 Å². The Morgan fingerprint density at radius 2 is 1.07 bits per heavy atom. The number of hydrogen-bond donors (Lipinski definition) is 0. The fourth-order valence-electron chi connectivity index (χ4n) is 1.91. The second kappa shape index (κ2) is 3.64. The zero-order chi connectivity index (χ0) is 12.3. The van der Waals surface area contributed by atoms with Crippen LogP contribution in [0.15, 0.2) is 22.3 Å². The molecule has 0 aromatic rings. The number of allylic oxidation sites excluding steroid dienone is 4. The van der Waals surface area contributed by atoms with Crippen molar-refractivity contribution in [1.82, 2.24) is 0 Å². The van der Waals surface area contributed by atoms with E-state index in [2.05, 4.69) is 13.8 Å². The van der Waals surface area contributed by atoms with Crippen LogP contribution in [0.1, 0.15) is 34.6 Å². The molecule has 0 saturated carbocycles. The van der Waals surface area contributed by atoms with Crippen LogP contribution in [0, 0.1) is 0 Å². The van der Waals surface area contributed by atoms with Gasteiger partial charge in [0.15, 0.2) is 0 Å². The summed E-state index contributed by atoms with van der Waals surface area (Å²) in [6, 6.07) is 0. The van der Waals surface area contributed by atoms with Crippen molar-refractivity contribution in [1.29, 1.82) is 0 Å². The van der Waals surface area contributed by atoms with Gasteiger partial charge in [-0.1, -0.05) is 0 Å². The van der Waals surface area contributed by atoms with Crippen molar-refractivity contribution in [2.45, 2.75) is 38.5 Å². The Balaban J connectivity index is 3.56. The van der Waals surface area contributed by atoms with Crippen LogP contribution in [-0.2, 0) is 10.0 Å². The maximum atomic E-state index is 6.28. The van der Waals surface area contributed by atoms with E-state index in [-0.39, 0.29) is 0 Å². The third-order valence-electron chi connectivity index (χ3n) is 3.57. The van der Waals surface area contributed by atoms with Crippen LogP contribution in [0.2, 0.25) is 3.93 Å². The van der Waals surface area contributed by atoms with E-state index in [1.807, 2.05) is 20.8 Å². The van der Waals surface area contributed by atoms with Gasteiger partial charge in [-0.3, -0.25) is 0 Å². The van der Waals surface area contributed by atoms with Crippen LogP contribution in [0.5, 0.6) is 0 Å². The van der Waals surface area contributed by atoms with Crippen LogP contribution in [-0.4, -0.2) is 0 Å². The van der Waals surface area contributed by atoms with Crippen molar-refractivity contribution >= 4 is 38.3 Å². The molecule has 0 aliphatic heterocycles. The molecule has 0 nitrogen and oxygen atoms in total. The normalized spacial score (nSPS) is 24.5. The molecule has 0 heterocycles. The zero-order valence-electron chi connectivity index (χ0n) is 9.35. The van der Waals surface area contributed by atoms with E-state index < -0.39 is 14.0 Å². The van der Waals surface area contributed by atoms with E-state index >= 15 is 0 Å². The molecule has 15 heavy (non-hydrogen) atoms. The van der Waals surface area contributed by atoms with Crippen molar-refractivity contribution in [3.05, 3.63) is 22.3 Å². The fraction of sp³-hybridized carbons (Fsp3) is 0.600. The Morgan fingerprint density at radius 1 is 0.800 bits per heavy atom. The summed E-state index contributed by atoms with van der Waals surface area (Å²) >= 11 is 0. The van der Waals surface area contributed by atoms with Gasteiger partial charge in [0.1, 0.15) is 0 Å². The van der Waals surface area contributed by atoms with Crippen molar-refractivity contribution in [2.24, 2.45) is 0 Å². The Bertz CT molecular complexity index is 351. The topological polar surface area (TPSA) is 0 Å². The standard InChI is InChI=1S/C10H15.4ClH.Ir/c1-6-7(2)9(4)10(5)8(6)3;;;;;/h1-5H3;4*1H;/q;;;;;+4/p-4. The first-order valence-corrected chi connectivity index (χ1v) is 17.5. The van der Waals surface area contributed by atoms with Crippen molar-refractivity contribution < 1.29 is 10.0 Å². The van der Waals surface area contributed by atoms with Gasteiger partial charge in [-0.15, -0.1) is 0 Å². The summed E-state index contributed by atoms with van der Waals surface area (Å²) in [5.41, 5.74) is 4.61. The first-order chi connectivity index (χ1) is 6.40. The molecule has 1 aliphatic rings. The molecule has 0 radical (unpaired) electrons. The van der Waals surface area contributed by atoms with Crippen molar-refractivity contribution in [3.8, 4) is 0 Å². The van der Waals surface area contributed by atoms with Gasteiger partial charge < -0.3 is 0 Å². The minimum absolute atomic E-state index is 0.558. The van der Waals surface area contributed by atoms with Gasteiger partial charge in [0, 0.05) is 0 Å². The second-order valence-corrected chi connectivity index (χ2v) is 33.1. The Hall–Kier alpha value is 1.29. The van der Waals surface area contributed by atoms with Gasteiger partial charge in [0.05, 0.1) is 0 Å². The molecule has 1 aliphatic carbocycles. The molecule has 0 atom stereocenters. The number of rotatable bonds is 1. The molecular formula is C10H15Cl4Ir. The first-order valence-electron chi connectivity index (χ1n) is 4.42. The molecule has 0 aromatic carbocycles. The van der Waals surface area contributed by atoms with Crippen molar-refractivity contribution in [2.75, 3.05) is 0 Å². The summed E-state index contributed by atoms with van der Waals surface area (Å²) in [6.07, 6.45) is 0. The Labute approximate surface area is 108 Å². The van der Waals surface area contributed by atoms with E-state index in [0.717, 1.165) is 11.1 Å². The molecule has 5 heteroatoms. The van der Waals surface area contributed by atoms with Crippen LogP contribution < -0.4 is 0 Å². The van der Waals surface area contributed by atoms with Crippen LogP contribution >= 0.6 is 38.3 Å². The first kappa shape index (κ1) is 14.4. The maximum absolute atomic E-state index is 6.28. The zero-order valence-corrected chi connectivity index (χ0v) is 14.8. The average Bonchev–Trinajstić information content (AvgIpc) is 2.19. The van der Waals surface area contributed by atoms with E-state index in [9.17, 15) is 0 Å². The fourth-order valence-corrected chi connectivity index (χ4v) is 11.7. The van der Waals surface area contributed by atoms with E-state index in [4.69, 9.17) is 38.3 Å². The number of halogens is 4. The molecule has 0 spiro atoms. The van der Waals surface area contributed by atoms with E-state index in [0.29, 0.717) is 0 Å². The summed E-state index contributed by atoms with van der Waals surface area (Å²) in [7, 11) is 20.6. The molecule has 0 amide bonds. The molecule has 0 N–H and O–H groups in total. The Kier molecular flexibility index (Phi) is 3.48. The summed E-state index contributed by atoms with van der Waals surface area (Å²) in [4.78, 5) is 0. The summed E-state index contributed by atoms with van der Waals surface area (Å²) in [5.74, 6) is 0. The molecule has 0 bridgehead atoms. The second-order valence-electron chi connectivity index (χ2n) is 4.00. The predicted octanol–water partition coefficient (Wildman–Crippen LogP) is 6.16. The predicted molar refractivity (Wildman–Crippen MR) is 68.5 cm³/mol. The number of hydrogen-bond acceptors (Lipinski definition) is 0.